The summed E-state index contributed by atoms with van der Waals surface area (Å²) in [4.78, 5) is 0. The molecule has 2 aromatic carbocycles. The smallest absolute Gasteiger partial charge is 0.256 e. The summed E-state index contributed by atoms with van der Waals surface area (Å²) >= 11 is 0. The highest BCUT2D eigenvalue weighted by atomic mass is 15.3. The third-order valence-corrected chi connectivity index (χ3v) is 2.24. The number of hydrogen-bond donors (Lipinski definition) is 3. The molecular weight excluding hydrogens is 200 g/mol. The first-order valence-corrected chi connectivity index (χ1v) is 4.92. The van der Waals surface area contributed by atoms with E-state index in [-0.39, 0.29) is 5.96 Å². The second-order valence-electron chi connectivity index (χ2n) is 3.38. The number of nitrogens with two attached hydrogens (primary N) is 2. The van der Waals surface area contributed by atoms with E-state index in [4.69, 9.17) is 11.5 Å². The average molecular weight is 213 g/mol. The van der Waals surface area contributed by atoms with Gasteiger partial charge in [-0.1, -0.05) is 36.4 Å². The van der Waals surface area contributed by atoms with Crippen molar-refractivity contribution in [3.8, 4) is 0 Å². The number of fused-ring (bicyclic) bond motifs is 1. The summed E-state index contributed by atoms with van der Waals surface area (Å²) in [6.45, 7) is 0. The lowest BCUT2D eigenvalue weighted by Crippen LogP contribution is -2.63. The quantitative estimate of drug-likeness (QED) is 0.358. The van der Waals surface area contributed by atoms with Gasteiger partial charge in [-0.15, -0.1) is 5.10 Å². The molecule has 0 bridgehead atoms. The number of nitrogens with one attached hydrogen (secondary N) is 1. The molecule has 0 unspecified atom stereocenters. The zero-order valence-corrected chi connectivity index (χ0v) is 8.72. The van der Waals surface area contributed by atoms with Crippen LogP contribution in [0, 0.1) is 0 Å². The fraction of sp³-hybridized carbons (Fsp3) is 0. The minimum atomic E-state index is 0.0106. The van der Waals surface area contributed by atoms with E-state index in [9.17, 15) is 0 Å². The van der Waals surface area contributed by atoms with Crippen molar-refractivity contribution >= 4 is 22.9 Å². The van der Waals surface area contributed by atoms with Crippen molar-refractivity contribution in [2.24, 2.45) is 16.6 Å². The average Bonchev–Trinajstić information content (AvgIpc) is 2.29. The number of benzene rings is 2. The molecule has 0 saturated carbocycles. The first kappa shape index (κ1) is 10.2. The van der Waals surface area contributed by atoms with Crippen molar-refractivity contribution in [3.05, 3.63) is 48.0 Å². The topological polar surface area (TPSA) is 78.4 Å². The van der Waals surface area contributed by atoms with Gasteiger partial charge in [-0.05, 0) is 16.8 Å². The summed E-state index contributed by atoms with van der Waals surface area (Å²) < 4.78 is 0. The molecule has 16 heavy (non-hydrogen) atoms. The van der Waals surface area contributed by atoms with Gasteiger partial charge in [0, 0.05) is 10.7 Å². The second-order valence-corrected chi connectivity index (χ2v) is 3.38. The predicted octanol–water partition coefficient (Wildman–Crippen LogP) is -0.472. The Hall–Kier alpha value is -2.36. The van der Waals surface area contributed by atoms with Crippen LogP contribution < -0.4 is 16.6 Å². The van der Waals surface area contributed by atoms with E-state index >= 15 is 0 Å². The Balaban J connectivity index is 2.45. The molecule has 0 aliphatic rings. The van der Waals surface area contributed by atoms with Gasteiger partial charge in [-0.3, -0.25) is 0 Å². The van der Waals surface area contributed by atoms with Crippen LogP contribution in [0.5, 0.6) is 0 Å². The maximum Gasteiger partial charge on any atom is 0.256 e. The van der Waals surface area contributed by atoms with Crippen LogP contribution in [0.3, 0.4) is 0 Å². The highest BCUT2D eigenvalue weighted by molar-refractivity contribution is 5.97. The van der Waals surface area contributed by atoms with Gasteiger partial charge in [0.1, 0.15) is 0 Å². The van der Waals surface area contributed by atoms with E-state index < -0.39 is 0 Å². The van der Waals surface area contributed by atoms with Crippen molar-refractivity contribution in [2.45, 2.75) is 0 Å². The van der Waals surface area contributed by atoms with Crippen molar-refractivity contribution < 1.29 is 5.10 Å². The van der Waals surface area contributed by atoms with E-state index in [1.807, 2.05) is 24.3 Å². The molecule has 2 rings (SSSR count). The highest BCUT2D eigenvalue weighted by Gasteiger charge is 1.99. The third-order valence-electron chi connectivity index (χ3n) is 2.24. The SMILES string of the molecule is NC(N)=N/[NH+]=C\c1cccc2ccccc12. The normalized spacial score (nSPS) is 10.8. The molecular formula is C12H13N4+. The van der Waals surface area contributed by atoms with Crippen LogP contribution in [0.4, 0.5) is 0 Å². The lowest BCUT2D eigenvalue weighted by molar-refractivity contribution is -0.456. The molecule has 0 fully saturated rings. The summed E-state index contributed by atoms with van der Waals surface area (Å²) in [6, 6.07) is 14.2. The molecule has 5 N–H and O–H groups in total. The number of nitrogens with zero attached hydrogens (tertiary/aromatic N) is 1. The molecule has 0 spiro atoms. The summed E-state index contributed by atoms with van der Waals surface area (Å²) in [5.41, 5.74) is 11.5. The Labute approximate surface area is 93.3 Å². The zero-order chi connectivity index (χ0) is 11.4. The lowest BCUT2D eigenvalue weighted by Gasteiger charge is -1.97. The molecule has 0 heterocycles. The lowest BCUT2D eigenvalue weighted by atomic mass is 10.1. The molecule has 80 valence electrons. The van der Waals surface area contributed by atoms with Gasteiger partial charge < -0.3 is 11.5 Å². The summed E-state index contributed by atoms with van der Waals surface area (Å²) in [5.74, 6) is 0.0106. The Kier molecular flexibility index (Phi) is 2.82. The zero-order valence-electron chi connectivity index (χ0n) is 8.72. The molecule has 0 aliphatic carbocycles. The van der Waals surface area contributed by atoms with Crippen LogP contribution in [0.2, 0.25) is 0 Å². The number of hydrogen-bond acceptors (Lipinski definition) is 1. The Morgan fingerprint density at radius 3 is 2.62 bits per heavy atom. The minimum absolute atomic E-state index is 0.0106. The van der Waals surface area contributed by atoms with E-state index in [2.05, 4.69) is 28.4 Å². The van der Waals surface area contributed by atoms with E-state index in [1.54, 1.807) is 6.21 Å². The van der Waals surface area contributed by atoms with E-state index in [0.29, 0.717) is 0 Å². The molecule has 0 amide bonds. The van der Waals surface area contributed by atoms with Crippen molar-refractivity contribution in [1.82, 2.24) is 0 Å². The largest absolute Gasteiger partial charge is 0.365 e. The molecule has 4 heteroatoms. The molecule has 4 nitrogen and oxygen atoms in total. The van der Waals surface area contributed by atoms with Gasteiger partial charge in [0.2, 0.25) is 6.21 Å². The first-order chi connectivity index (χ1) is 7.77. The van der Waals surface area contributed by atoms with Gasteiger partial charge in [0.05, 0.1) is 0 Å². The van der Waals surface area contributed by atoms with Gasteiger partial charge in [0.15, 0.2) is 0 Å². The summed E-state index contributed by atoms with van der Waals surface area (Å²) in [5, 5.41) is 8.74. The first-order valence-electron chi connectivity index (χ1n) is 4.92. The van der Waals surface area contributed by atoms with Crippen molar-refractivity contribution in [3.63, 3.8) is 0 Å². The van der Waals surface area contributed by atoms with Gasteiger partial charge in [-0.2, -0.15) is 0 Å². The standard InChI is InChI=1S/C12H12N4/c13-12(14)16-15-8-10-6-3-5-9-4-1-2-7-11(9)10/h1-8H,(H4,13,14,16)/p+1/b15-8-. The fourth-order valence-corrected chi connectivity index (χ4v) is 1.55. The van der Waals surface area contributed by atoms with Crippen LogP contribution in [0.1, 0.15) is 5.56 Å². The highest BCUT2D eigenvalue weighted by Crippen LogP contribution is 2.15. The predicted molar refractivity (Wildman–Crippen MR) is 65.9 cm³/mol. The number of hydrazone groups is 1. The summed E-state index contributed by atoms with van der Waals surface area (Å²) in [6.07, 6.45) is 1.77. The van der Waals surface area contributed by atoms with Crippen LogP contribution >= 0.6 is 0 Å². The molecule has 2 aromatic rings. The Morgan fingerprint density at radius 1 is 1.06 bits per heavy atom. The third kappa shape index (κ3) is 2.17. The van der Waals surface area contributed by atoms with Crippen molar-refractivity contribution in [1.29, 1.82) is 0 Å². The van der Waals surface area contributed by atoms with Gasteiger partial charge in [-0.25, -0.2) is 0 Å². The molecule has 0 radical (unpaired) electrons. The Morgan fingerprint density at radius 2 is 1.81 bits per heavy atom. The monoisotopic (exact) mass is 213 g/mol. The molecule has 0 aliphatic heterocycles. The van der Waals surface area contributed by atoms with E-state index in [1.165, 1.54) is 5.39 Å². The van der Waals surface area contributed by atoms with Gasteiger partial charge in [0.25, 0.3) is 5.96 Å². The van der Waals surface area contributed by atoms with Crippen LogP contribution in [0.25, 0.3) is 10.8 Å². The maximum absolute atomic E-state index is 5.21. The number of guanidine groups is 1. The molecule has 0 aromatic heterocycles. The van der Waals surface area contributed by atoms with Crippen LogP contribution in [0.15, 0.2) is 47.6 Å². The minimum Gasteiger partial charge on any atom is -0.365 e. The van der Waals surface area contributed by atoms with E-state index in [0.717, 1.165) is 10.9 Å². The van der Waals surface area contributed by atoms with Crippen LogP contribution in [-0.4, -0.2) is 12.2 Å². The maximum atomic E-state index is 5.21. The second kappa shape index (κ2) is 4.44. The number of rotatable bonds is 2. The molecule has 0 saturated heterocycles. The van der Waals surface area contributed by atoms with Crippen molar-refractivity contribution in [2.75, 3.05) is 0 Å². The van der Waals surface area contributed by atoms with Gasteiger partial charge >= 0.3 is 0 Å². The summed E-state index contributed by atoms with van der Waals surface area (Å²) in [7, 11) is 0. The Bertz CT molecular complexity index is 548. The fourth-order valence-electron chi connectivity index (χ4n) is 1.55. The van der Waals surface area contributed by atoms with Crippen LogP contribution in [-0.2, 0) is 0 Å². The molecule has 0 atom stereocenters.